The minimum Gasteiger partial charge on any atom is -0.313 e. The predicted molar refractivity (Wildman–Crippen MR) is 68.9 cm³/mol. The second kappa shape index (κ2) is 6.99. The molecule has 0 fully saturated rings. The maximum Gasteiger partial charge on any atom is 0.141 e. The van der Waals surface area contributed by atoms with Crippen molar-refractivity contribution in [2.75, 3.05) is 13.1 Å². The standard InChI is InChI=1S/C12H18BrFN2/c1-9(2)16-7-6-15-8-10-4-3-5-11(13)12(10)14/h3-5,9,15-16H,6-8H2,1-2H3. The van der Waals surface area contributed by atoms with Crippen LogP contribution in [0.25, 0.3) is 0 Å². The average Bonchev–Trinajstić information content (AvgIpc) is 2.23. The molecule has 1 aromatic carbocycles. The number of hydrogen-bond acceptors (Lipinski definition) is 2. The van der Waals surface area contributed by atoms with Crippen molar-refractivity contribution in [3.8, 4) is 0 Å². The minimum absolute atomic E-state index is 0.174. The molecule has 0 aromatic heterocycles. The Bertz CT molecular complexity index is 329. The first-order valence-corrected chi connectivity index (χ1v) is 6.27. The summed E-state index contributed by atoms with van der Waals surface area (Å²) < 4.78 is 14.1. The van der Waals surface area contributed by atoms with Crippen molar-refractivity contribution in [1.29, 1.82) is 0 Å². The fourth-order valence-electron chi connectivity index (χ4n) is 1.36. The first-order chi connectivity index (χ1) is 7.61. The van der Waals surface area contributed by atoms with Crippen LogP contribution in [0.15, 0.2) is 22.7 Å². The Morgan fingerprint density at radius 2 is 2.06 bits per heavy atom. The van der Waals surface area contributed by atoms with Crippen LogP contribution in [0.5, 0.6) is 0 Å². The van der Waals surface area contributed by atoms with Gasteiger partial charge in [-0.05, 0) is 22.0 Å². The lowest BCUT2D eigenvalue weighted by Gasteiger charge is -2.09. The van der Waals surface area contributed by atoms with Crippen LogP contribution in [0.4, 0.5) is 4.39 Å². The van der Waals surface area contributed by atoms with Gasteiger partial charge in [0.25, 0.3) is 0 Å². The lowest BCUT2D eigenvalue weighted by molar-refractivity contribution is 0.543. The number of rotatable bonds is 6. The van der Waals surface area contributed by atoms with Crippen LogP contribution < -0.4 is 10.6 Å². The van der Waals surface area contributed by atoms with Gasteiger partial charge in [-0.2, -0.15) is 0 Å². The Morgan fingerprint density at radius 1 is 1.31 bits per heavy atom. The minimum atomic E-state index is -0.174. The third kappa shape index (κ3) is 4.60. The molecule has 4 heteroatoms. The smallest absolute Gasteiger partial charge is 0.141 e. The molecule has 0 aliphatic carbocycles. The third-order valence-corrected chi connectivity index (χ3v) is 2.81. The Labute approximate surface area is 105 Å². The van der Waals surface area contributed by atoms with E-state index in [0.29, 0.717) is 22.6 Å². The summed E-state index contributed by atoms with van der Waals surface area (Å²) in [5, 5.41) is 6.49. The molecule has 0 aliphatic rings. The van der Waals surface area contributed by atoms with Gasteiger partial charge in [0.1, 0.15) is 5.82 Å². The van der Waals surface area contributed by atoms with E-state index in [2.05, 4.69) is 40.4 Å². The second-order valence-corrected chi connectivity index (χ2v) is 4.85. The summed E-state index contributed by atoms with van der Waals surface area (Å²) in [4.78, 5) is 0. The SMILES string of the molecule is CC(C)NCCNCc1cccc(Br)c1F. The molecule has 1 aromatic rings. The number of nitrogens with one attached hydrogen (secondary N) is 2. The summed E-state index contributed by atoms with van der Waals surface area (Å²) in [6, 6.07) is 5.84. The third-order valence-electron chi connectivity index (χ3n) is 2.20. The maximum absolute atomic E-state index is 13.5. The van der Waals surface area contributed by atoms with Crippen LogP contribution in [0, 0.1) is 5.82 Å². The van der Waals surface area contributed by atoms with Gasteiger partial charge in [0.2, 0.25) is 0 Å². The molecule has 0 bridgehead atoms. The van der Waals surface area contributed by atoms with Crippen LogP contribution in [0.1, 0.15) is 19.4 Å². The molecule has 0 unspecified atom stereocenters. The second-order valence-electron chi connectivity index (χ2n) is 4.00. The van der Waals surface area contributed by atoms with Gasteiger partial charge < -0.3 is 10.6 Å². The monoisotopic (exact) mass is 288 g/mol. The number of hydrogen-bond donors (Lipinski definition) is 2. The molecule has 0 spiro atoms. The van der Waals surface area contributed by atoms with Gasteiger partial charge in [0, 0.05) is 31.2 Å². The molecule has 0 radical (unpaired) electrons. The van der Waals surface area contributed by atoms with Gasteiger partial charge in [0.05, 0.1) is 4.47 Å². The van der Waals surface area contributed by atoms with E-state index in [-0.39, 0.29) is 5.82 Å². The van der Waals surface area contributed by atoms with Crippen LogP contribution in [-0.4, -0.2) is 19.1 Å². The maximum atomic E-state index is 13.5. The highest BCUT2D eigenvalue weighted by atomic mass is 79.9. The number of benzene rings is 1. The Balaban J connectivity index is 2.29. The summed E-state index contributed by atoms with van der Waals surface area (Å²) >= 11 is 3.17. The fraction of sp³-hybridized carbons (Fsp3) is 0.500. The zero-order chi connectivity index (χ0) is 12.0. The summed E-state index contributed by atoms with van der Waals surface area (Å²) in [6.45, 7) is 6.50. The van der Waals surface area contributed by atoms with Crippen molar-refractivity contribution < 1.29 is 4.39 Å². The lowest BCUT2D eigenvalue weighted by Crippen LogP contribution is -2.31. The van der Waals surface area contributed by atoms with Crippen LogP contribution in [0.2, 0.25) is 0 Å². The van der Waals surface area contributed by atoms with Crippen LogP contribution >= 0.6 is 15.9 Å². The summed E-state index contributed by atoms with van der Waals surface area (Å²) in [7, 11) is 0. The fourth-order valence-corrected chi connectivity index (χ4v) is 1.76. The molecule has 0 heterocycles. The predicted octanol–water partition coefficient (Wildman–Crippen LogP) is 2.68. The van der Waals surface area contributed by atoms with E-state index >= 15 is 0 Å². The summed E-state index contributed by atoms with van der Waals surface area (Å²) in [6.07, 6.45) is 0. The number of halogens is 2. The van der Waals surface area contributed by atoms with E-state index < -0.39 is 0 Å². The molecule has 0 amide bonds. The zero-order valence-corrected chi connectivity index (χ0v) is 11.3. The van der Waals surface area contributed by atoms with Crippen molar-refractivity contribution in [3.05, 3.63) is 34.1 Å². The molecule has 1 rings (SSSR count). The normalized spacial score (nSPS) is 11.1. The summed E-state index contributed by atoms with van der Waals surface area (Å²) in [5.41, 5.74) is 0.693. The van der Waals surface area contributed by atoms with E-state index in [4.69, 9.17) is 0 Å². The molecular formula is C12H18BrFN2. The Kier molecular flexibility index (Phi) is 5.95. The van der Waals surface area contributed by atoms with Gasteiger partial charge >= 0.3 is 0 Å². The molecule has 2 N–H and O–H groups in total. The highest BCUT2D eigenvalue weighted by Gasteiger charge is 2.04. The first-order valence-electron chi connectivity index (χ1n) is 5.48. The van der Waals surface area contributed by atoms with E-state index in [9.17, 15) is 4.39 Å². The molecule has 16 heavy (non-hydrogen) atoms. The average molecular weight is 289 g/mol. The molecule has 0 saturated heterocycles. The van der Waals surface area contributed by atoms with Gasteiger partial charge in [-0.1, -0.05) is 26.0 Å². The highest BCUT2D eigenvalue weighted by molar-refractivity contribution is 9.10. The van der Waals surface area contributed by atoms with E-state index in [1.165, 1.54) is 0 Å². The van der Waals surface area contributed by atoms with Gasteiger partial charge in [0.15, 0.2) is 0 Å². The Hall–Kier alpha value is -0.450. The van der Waals surface area contributed by atoms with Crippen molar-refractivity contribution in [2.45, 2.75) is 26.4 Å². The van der Waals surface area contributed by atoms with Gasteiger partial charge in [-0.25, -0.2) is 4.39 Å². The molecule has 2 nitrogen and oxygen atoms in total. The van der Waals surface area contributed by atoms with Crippen LogP contribution in [0.3, 0.4) is 0 Å². The van der Waals surface area contributed by atoms with E-state index in [1.807, 2.05) is 6.07 Å². The lowest BCUT2D eigenvalue weighted by atomic mass is 10.2. The van der Waals surface area contributed by atoms with Gasteiger partial charge in [-0.15, -0.1) is 0 Å². The quantitative estimate of drug-likeness (QED) is 0.787. The molecule has 0 saturated carbocycles. The summed E-state index contributed by atoms with van der Waals surface area (Å²) in [5.74, 6) is -0.174. The van der Waals surface area contributed by atoms with E-state index in [0.717, 1.165) is 13.1 Å². The van der Waals surface area contributed by atoms with Crippen molar-refractivity contribution >= 4 is 15.9 Å². The Morgan fingerprint density at radius 3 is 2.75 bits per heavy atom. The van der Waals surface area contributed by atoms with E-state index in [1.54, 1.807) is 12.1 Å². The van der Waals surface area contributed by atoms with Gasteiger partial charge in [-0.3, -0.25) is 0 Å². The van der Waals surface area contributed by atoms with Crippen molar-refractivity contribution in [1.82, 2.24) is 10.6 Å². The van der Waals surface area contributed by atoms with Crippen LogP contribution in [-0.2, 0) is 6.54 Å². The molecular weight excluding hydrogens is 271 g/mol. The van der Waals surface area contributed by atoms with Crippen molar-refractivity contribution in [2.24, 2.45) is 0 Å². The molecule has 90 valence electrons. The first kappa shape index (κ1) is 13.6. The highest BCUT2D eigenvalue weighted by Crippen LogP contribution is 2.18. The van der Waals surface area contributed by atoms with Crippen molar-refractivity contribution in [3.63, 3.8) is 0 Å². The zero-order valence-electron chi connectivity index (χ0n) is 9.69. The largest absolute Gasteiger partial charge is 0.313 e. The molecule has 0 aliphatic heterocycles. The topological polar surface area (TPSA) is 24.1 Å². The molecule has 0 atom stereocenters.